The molecule has 0 radical (unpaired) electrons. The van der Waals surface area contributed by atoms with Gasteiger partial charge >= 0.3 is 0 Å². The molecule has 1 aromatic carbocycles. The van der Waals surface area contributed by atoms with Crippen molar-refractivity contribution in [1.82, 2.24) is 15.3 Å². The Morgan fingerprint density at radius 2 is 2.04 bits per heavy atom. The van der Waals surface area contributed by atoms with Gasteiger partial charge in [0.05, 0.1) is 12.8 Å². The fourth-order valence-electron chi connectivity index (χ4n) is 2.29. The van der Waals surface area contributed by atoms with Crippen molar-refractivity contribution in [3.05, 3.63) is 70.5 Å². The Bertz CT molecular complexity index is 894. The number of halogens is 1. The molecule has 2 N–H and O–H groups in total. The van der Waals surface area contributed by atoms with E-state index < -0.39 is 0 Å². The van der Waals surface area contributed by atoms with E-state index in [0.717, 1.165) is 11.3 Å². The highest BCUT2D eigenvalue weighted by Gasteiger charge is 2.12. The molecule has 0 aliphatic heterocycles. The molecular formula is C18H17ClN4O2. The third-order valence-corrected chi connectivity index (χ3v) is 3.77. The van der Waals surface area contributed by atoms with Gasteiger partial charge in [-0.3, -0.25) is 4.79 Å². The van der Waals surface area contributed by atoms with E-state index in [2.05, 4.69) is 20.6 Å². The van der Waals surface area contributed by atoms with Gasteiger partial charge in [-0.25, -0.2) is 9.97 Å². The predicted octanol–water partition coefficient (Wildman–Crippen LogP) is 4.01. The van der Waals surface area contributed by atoms with E-state index in [9.17, 15) is 4.79 Å². The van der Waals surface area contributed by atoms with Gasteiger partial charge in [0.2, 0.25) is 0 Å². The van der Waals surface area contributed by atoms with E-state index in [1.807, 2.05) is 25.1 Å². The van der Waals surface area contributed by atoms with Crippen molar-refractivity contribution >= 4 is 29.0 Å². The van der Waals surface area contributed by atoms with Gasteiger partial charge in [-0.05, 0) is 43.7 Å². The van der Waals surface area contributed by atoms with Crippen LogP contribution in [0.4, 0.5) is 11.5 Å². The molecule has 0 saturated heterocycles. The van der Waals surface area contributed by atoms with Gasteiger partial charge in [-0.15, -0.1) is 0 Å². The number of aryl methyl sites for hydroxylation is 2. The third-order valence-electron chi connectivity index (χ3n) is 3.54. The largest absolute Gasteiger partial charge is 0.467 e. The van der Waals surface area contributed by atoms with E-state index in [0.29, 0.717) is 29.0 Å². The lowest BCUT2D eigenvalue weighted by Crippen LogP contribution is -2.24. The van der Waals surface area contributed by atoms with Gasteiger partial charge < -0.3 is 15.1 Å². The molecule has 7 heteroatoms. The molecular weight excluding hydrogens is 340 g/mol. The van der Waals surface area contributed by atoms with E-state index in [-0.39, 0.29) is 11.6 Å². The van der Waals surface area contributed by atoms with Crippen LogP contribution >= 0.6 is 11.6 Å². The number of aromatic nitrogens is 2. The SMILES string of the molecule is Cc1nc(Nc2cc(Cl)ccc2C)cc(C(=O)NCc2ccco2)n1. The van der Waals surface area contributed by atoms with Gasteiger partial charge in [0.15, 0.2) is 0 Å². The molecule has 0 fully saturated rings. The Kier molecular flexibility index (Phi) is 5.00. The highest BCUT2D eigenvalue weighted by Crippen LogP contribution is 2.23. The Balaban J connectivity index is 1.77. The maximum Gasteiger partial charge on any atom is 0.270 e. The minimum Gasteiger partial charge on any atom is -0.467 e. The van der Waals surface area contributed by atoms with Crippen molar-refractivity contribution in [1.29, 1.82) is 0 Å². The van der Waals surface area contributed by atoms with E-state index in [4.69, 9.17) is 16.0 Å². The number of amides is 1. The zero-order chi connectivity index (χ0) is 17.8. The summed E-state index contributed by atoms with van der Waals surface area (Å²) in [5.74, 6) is 1.40. The number of carbonyl (C=O) groups excluding carboxylic acids is 1. The Morgan fingerprint density at radius 1 is 1.20 bits per heavy atom. The summed E-state index contributed by atoms with van der Waals surface area (Å²) in [6.07, 6.45) is 1.56. The second-order valence-corrected chi connectivity index (χ2v) is 5.97. The fraction of sp³-hybridized carbons (Fsp3) is 0.167. The first-order valence-electron chi connectivity index (χ1n) is 7.71. The van der Waals surface area contributed by atoms with Crippen molar-refractivity contribution in [2.24, 2.45) is 0 Å². The van der Waals surface area contributed by atoms with Crippen LogP contribution in [0.2, 0.25) is 5.02 Å². The first kappa shape index (κ1) is 17.0. The summed E-state index contributed by atoms with van der Waals surface area (Å²) in [5.41, 5.74) is 2.12. The van der Waals surface area contributed by atoms with Crippen LogP contribution in [-0.2, 0) is 6.54 Å². The molecule has 2 heterocycles. The molecule has 0 unspecified atom stereocenters. The molecule has 0 saturated carbocycles. The van der Waals surface area contributed by atoms with Crippen LogP contribution in [0.3, 0.4) is 0 Å². The van der Waals surface area contributed by atoms with Crippen molar-refractivity contribution < 1.29 is 9.21 Å². The van der Waals surface area contributed by atoms with Crippen LogP contribution in [0.1, 0.15) is 27.6 Å². The molecule has 3 rings (SSSR count). The smallest absolute Gasteiger partial charge is 0.270 e. The number of nitrogens with zero attached hydrogens (tertiary/aromatic N) is 2. The summed E-state index contributed by atoms with van der Waals surface area (Å²) >= 11 is 6.04. The van der Waals surface area contributed by atoms with Crippen molar-refractivity contribution in [2.75, 3.05) is 5.32 Å². The number of hydrogen-bond acceptors (Lipinski definition) is 5. The maximum atomic E-state index is 12.3. The quantitative estimate of drug-likeness (QED) is 0.721. The summed E-state index contributed by atoms with van der Waals surface area (Å²) in [6, 6.07) is 10.7. The minimum absolute atomic E-state index is 0.279. The number of hydrogen-bond donors (Lipinski definition) is 2. The lowest BCUT2D eigenvalue weighted by molar-refractivity contribution is 0.0942. The molecule has 25 heavy (non-hydrogen) atoms. The van der Waals surface area contributed by atoms with Gasteiger partial charge in [-0.1, -0.05) is 17.7 Å². The minimum atomic E-state index is -0.298. The second-order valence-electron chi connectivity index (χ2n) is 5.53. The van der Waals surface area contributed by atoms with Gasteiger partial charge in [-0.2, -0.15) is 0 Å². The maximum absolute atomic E-state index is 12.3. The highest BCUT2D eigenvalue weighted by atomic mass is 35.5. The van der Waals surface area contributed by atoms with E-state index in [1.165, 1.54) is 0 Å². The monoisotopic (exact) mass is 356 g/mol. The average Bonchev–Trinajstić information content (AvgIpc) is 3.09. The summed E-state index contributed by atoms with van der Waals surface area (Å²) in [6.45, 7) is 3.99. The number of anilines is 2. The van der Waals surface area contributed by atoms with Gasteiger partial charge in [0.25, 0.3) is 5.91 Å². The molecule has 3 aromatic rings. The number of rotatable bonds is 5. The molecule has 1 amide bonds. The third kappa shape index (κ3) is 4.36. The van der Waals surface area contributed by atoms with Gasteiger partial charge in [0.1, 0.15) is 23.1 Å². The highest BCUT2D eigenvalue weighted by molar-refractivity contribution is 6.30. The van der Waals surface area contributed by atoms with Crippen LogP contribution in [0.5, 0.6) is 0 Å². The van der Waals surface area contributed by atoms with Crippen LogP contribution < -0.4 is 10.6 Å². The Morgan fingerprint density at radius 3 is 2.80 bits per heavy atom. The topological polar surface area (TPSA) is 80.0 Å². The molecule has 0 atom stereocenters. The summed E-state index contributed by atoms with van der Waals surface area (Å²) in [4.78, 5) is 20.8. The molecule has 0 bridgehead atoms. The first-order chi connectivity index (χ1) is 12.0. The summed E-state index contributed by atoms with van der Waals surface area (Å²) in [5, 5.41) is 6.57. The normalized spacial score (nSPS) is 10.5. The first-order valence-corrected chi connectivity index (χ1v) is 8.08. The zero-order valence-electron chi connectivity index (χ0n) is 13.8. The molecule has 0 aliphatic carbocycles. The molecule has 0 spiro atoms. The zero-order valence-corrected chi connectivity index (χ0v) is 14.6. The Labute approximate surface area is 150 Å². The van der Waals surface area contributed by atoms with Crippen LogP contribution in [0, 0.1) is 13.8 Å². The molecule has 128 valence electrons. The lowest BCUT2D eigenvalue weighted by atomic mass is 10.2. The molecule has 0 aliphatic rings. The molecule has 2 aromatic heterocycles. The van der Waals surface area contributed by atoms with E-state index >= 15 is 0 Å². The number of benzene rings is 1. The van der Waals surface area contributed by atoms with Crippen LogP contribution in [0.15, 0.2) is 47.1 Å². The average molecular weight is 357 g/mol. The fourth-order valence-corrected chi connectivity index (χ4v) is 2.46. The summed E-state index contributed by atoms with van der Waals surface area (Å²) in [7, 11) is 0. The van der Waals surface area contributed by atoms with Crippen molar-refractivity contribution in [2.45, 2.75) is 20.4 Å². The van der Waals surface area contributed by atoms with Crippen molar-refractivity contribution in [3.8, 4) is 0 Å². The number of nitrogens with one attached hydrogen (secondary N) is 2. The second kappa shape index (κ2) is 7.36. The number of carbonyl (C=O) groups is 1. The standard InChI is InChI=1S/C18H17ClN4O2/c1-11-5-6-13(19)8-15(11)23-17-9-16(21-12(2)22-17)18(24)20-10-14-4-3-7-25-14/h3-9H,10H2,1-2H3,(H,20,24)(H,21,22,23). The van der Waals surface area contributed by atoms with Crippen LogP contribution in [0.25, 0.3) is 0 Å². The summed E-state index contributed by atoms with van der Waals surface area (Å²) < 4.78 is 5.20. The molecule has 6 nitrogen and oxygen atoms in total. The van der Waals surface area contributed by atoms with E-state index in [1.54, 1.807) is 31.4 Å². The van der Waals surface area contributed by atoms with Crippen molar-refractivity contribution in [3.63, 3.8) is 0 Å². The van der Waals surface area contributed by atoms with Crippen LogP contribution in [-0.4, -0.2) is 15.9 Å². The predicted molar refractivity (Wildman–Crippen MR) is 96.1 cm³/mol. The van der Waals surface area contributed by atoms with Gasteiger partial charge in [0, 0.05) is 16.8 Å². The number of furan rings is 1. The Hall–Kier alpha value is -2.86. The lowest BCUT2D eigenvalue weighted by Gasteiger charge is -2.11.